The molecular formula is C34H29N. The lowest BCUT2D eigenvalue weighted by Gasteiger charge is -2.41. The summed E-state index contributed by atoms with van der Waals surface area (Å²) in [6.45, 7) is 8.23. The van der Waals surface area contributed by atoms with E-state index < -0.39 is 0 Å². The number of allylic oxidation sites excluding steroid dienone is 5. The third kappa shape index (κ3) is 3.01. The van der Waals surface area contributed by atoms with Crippen LogP contribution in [0.25, 0.3) is 16.7 Å². The molecule has 6 rings (SSSR count). The van der Waals surface area contributed by atoms with E-state index in [9.17, 15) is 0 Å². The van der Waals surface area contributed by atoms with E-state index in [4.69, 9.17) is 0 Å². The molecule has 0 bridgehead atoms. The first-order chi connectivity index (χ1) is 17.2. The standard InChI is InChI=1S/C34H29N/c1-4-6-7-13-23(3)25-15-12-18-30-33(25)35-32-19-11-10-17-29(32)34(30)28-16-9-8-14-26(28)27-21-20-24(5-2)22-31(27)34/h4,6-22,35H,1,5H2,2-3H3/b7-6-,23-13+. The summed E-state index contributed by atoms with van der Waals surface area (Å²) in [5, 5.41) is 3.84. The normalized spacial score (nSPS) is 17.5. The van der Waals surface area contributed by atoms with E-state index >= 15 is 0 Å². The Bertz CT molecular complexity index is 1530. The summed E-state index contributed by atoms with van der Waals surface area (Å²) in [6.07, 6.45) is 9.02. The van der Waals surface area contributed by atoms with E-state index in [1.807, 2.05) is 12.2 Å². The number of benzene rings is 4. The van der Waals surface area contributed by atoms with Crippen LogP contribution in [-0.4, -0.2) is 0 Å². The number of rotatable bonds is 4. The molecule has 1 spiro atoms. The maximum atomic E-state index is 3.84. The van der Waals surface area contributed by atoms with Gasteiger partial charge in [0.2, 0.25) is 0 Å². The molecule has 1 N–H and O–H groups in total. The quantitative estimate of drug-likeness (QED) is 0.264. The summed E-state index contributed by atoms with van der Waals surface area (Å²) < 4.78 is 0. The first-order valence-corrected chi connectivity index (χ1v) is 12.4. The van der Waals surface area contributed by atoms with Crippen molar-refractivity contribution in [2.75, 3.05) is 5.32 Å². The van der Waals surface area contributed by atoms with E-state index in [1.165, 1.54) is 61.5 Å². The maximum Gasteiger partial charge on any atom is 0.0754 e. The van der Waals surface area contributed by atoms with Gasteiger partial charge in [-0.05, 0) is 63.9 Å². The minimum atomic E-state index is -0.360. The number of hydrogen-bond donors (Lipinski definition) is 1. The average Bonchev–Trinajstić information content (AvgIpc) is 3.19. The van der Waals surface area contributed by atoms with Gasteiger partial charge < -0.3 is 5.32 Å². The van der Waals surface area contributed by atoms with Gasteiger partial charge in [-0.1, -0.05) is 117 Å². The highest BCUT2D eigenvalue weighted by Gasteiger charge is 2.50. The molecule has 35 heavy (non-hydrogen) atoms. The zero-order valence-electron chi connectivity index (χ0n) is 20.3. The Hall–Kier alpha value is -4.10. The number of fused-ring (bicyclic) bond motifs is 9. The minimum absolute atomic E-state index is 0.360. The second kappa shape index (κ2) is 8.29. The third-order valence-electron chi connectivity index (χ3n) is 7.59. The molecule has 4 aromatic carbocycles. The summed E-state index contributed by atoms with van der Waals surface area (Å²) in [6, 6.07) is 31.6. The lowest BCUT2D eigenvalue weighted by molar-refractivity contribution is 0.761. The molecule has 0 saturated carbocycles. The first-order valence-electron chi connectivity index (χ1n) is 12.4. The maximum absolute atomic E-state index is 3.84. The van der Waals surface area contributed by atoms with Crippen molar-refractivity contribution in [3.8, 4) is 11.1 Å². The Labute approximate surface area is 208 Å². The Morgan fingerprint density at radius 3 is 2.37 bits per heavy atom. The number of aryl methyl sites for hydroxylation is 1. The van der Waals surface area contributed by atoms with Crippen molar-refractivity contribution in [2.45, 2.75) is 25.7 Å². The molecule has 1 aliphatic heterocycles. The Kier molecular flexibility index (Phi) is 5.07. The number of anilines is 2. The fourth-order valence-electron chi connectivity index (χ4n) is 6.02. The van der Waals surface area contributed by atoms with Crippen molar-refractivity contribution in [3.05, 3.63) is 149 Å². The van der Waals surface area contributed by atoms with Gasteiger partial charge in [0.1, 0.15) is 0 Å². The SMILES string of the molecule is C=C/C=C\C=C(/C)c1cccc2c1Nc1ccccc1C21c2ccccc2-c2ccc(CC)cc21. The fourth-order valence-corrected chi connectivity index (χ4v) is 6.02. The molecule has 0 saturated heterocycles. The fraction of sp³-hybridized carbons (Fsp3) is 0.118. The number of nitrogens with one attached hydrogen (secondary N) is 1. The van der Waals surface area contributed by atoms with Crippen LogP contribution in [0.1, 0.15) is 47.2 Å². The van der Waals surface area contributed by atoms with Crippen LogP contribution in [-0.2, 0) is 11.8 Å². The van der Waals surface area contributed by atoms with Crippen molar-refractivity contribution in [2.24, 2.45) is 0 Å². The summed E-state index contributed by atoms with van der Waals surface area (Å²) in [5.74, 6) is 0. The van der Waals surface area contributed by atoms with E-state index in [-0.39, 0.29) is 5.41 Å². The van der Waals surface area contributed by atoms with Crippen LogP contribution in [0, 0.1) is 0 Å². The highest BCUT2D eigenvalue weighted by molar-refractivity contribution is 5.95. The molecule has 0 aromatic heterocycles. The van der Waals surface area contributed by atoms with Crippen LogP contribution in [0.2, 0.25) is 0 Å². The molecule has 170 valence electrons. The van der Waals surface area contributed by atoms with E-state index in [2.05, 4.69) is 123 Å². The number of para-hydroxylation sites is 2. The third-order valence-corrected chi connectivity index (χ3v) is 7.59. The van der Waals surface area contributed by atoms with Crippen LogP contribution in [0.4, 0.5) is 11.4 Å². The van der Waals surface area contributed by atoms with Crippen molar-refractivity contribution >= 4 is 16.9 Å². The monoisotopic (exact) mass is 451 g/mol. The second-order valence-corrected chi connectivity index (χ2v) is 9.40. The molecular weight excluding hydrogens is 422 g/mol. The summed E-state index contributed by atoms with van der Waals surface area (Å²) in [7, 11) is 0. The van der Waals surface area contributed by atoms with Crippen molar-refractivity contribution in [3.63, 3.8) is 0 Å². The van der Waals surface area contributed by atoms with Gasteiger partial charge in [0.25, 0.3) is 0 Å². The van der Waals surface area contributed by atoms with Crippen LogP contribution in [0.3, 0.4) is 0 Å². The Balaban J connectivity index is 1.75. The zero-order chi connectivity index (χ0) is 24.0. The lowest BCUT2D eigenvalue weighted by Crippen LogP contribution is -2.33. The van der Waals surface area contributed by atoms with Crippen LogP contribution in [0.15, 0.2) is 116 Å². The van der Waals surface area contributed by atoms with Gasteiger partial charge in [0, 0.05) is 11.3 Å². The Morgan fingerprint density at radius 1 is 0.800 bits per heavy atom. The predicted octanol–water partition coefficient (Wildman–Crippen LogP) is 8.81. The minimum Gasteiger partial charge on any atom is -0.354 e. The topological polar surface area (TPSA) is 12.0 Å². The van der Waals surface area contributed by atoms with Gasteiger partial charge in [0.15, 0.2) is 0 Å². The van der Waals surface area contributed by atoms with Crippen LogP contribution >= 0.6 is 0 Å². The Morgan fingerprint density at radius 2 is 1.54 bits per heavy atom. The summed E-state index contributed by atoms with van der Waals surface area (Å²) in [4.78, 5) is 0. The average molecular weight is 452 g/mol. The smallest absolute Gasteiger partial charge is 0.0754 e. The predicted molar refractivity (Wildman–Crippen MR) is 149 cm³/mol. The molecule has 1 aliphatic carbocycles. The van der Waals surface area contributed by atoms with Gasteiger partial charge in [-0.25, -0.2) is 0 Å². The molecule has 0 radical (unpaired) electrons. The van der Waals surface area contributed by atoms with Crippen molar-refractivity contribution in [1.82, 2.24) is 0 Å². The van der Waals surface area contributed by atoms with Gasteiger partial charge >= 0.3 is 0 Å². The molecule has 4 aromatic rings. The van der Waals surface area contributed by atoms with Gasteiger partial charge in [-0.2, -0.15) is 0 Å². The molecule has 0 amide bonds. The molecule has 1 atom stereocenters. The van der Waals surface area contributed by atoms with Gasteiger partial charge in [-0.15, -0.1) is 0 Å². The summed E-state index contributed by atoms with van der Waals surface area (Å²) >= 11 is 0. The highest BCUT2D eigenvalue weighted by Crippen LogP contribution is 2.61. The van der Waals surface area contributed by atoms with E-state index in [1.54, 1.807) is 0 Å². The molecule has 1 nitrogen and oxygen atoms in total. The van der Waals surface area contributed by atoms with E-state index in [0.717, 1.165) is 6.42 Å². The van der Waals surface area contributed by atoms with Crippen LogP contribution < -0.4 is 5.32 Å². The molecule has 2 aliphatic rings. The van der Waals surface area contributed by atoms with Crippen molar-refractivity contribution in [1.29, 1.82) is 0 Å². The van der Waals surface area contributed by atoms with Gasteiger partial charge in [-0.3, -0.25) is 0 Å². The number of hydrogen-bond acceptors (Lipinski definition) is 1. The highest BCUT2D eigenvalue weighted by atomic mass is 14.9. The largest absolute Gasteiger partial charge is 0.354 e. The lowest BCUT2D eigenvalue weighted by atomic mass is 9.64. The summed E-state index contributed by atoms with van der Waals surface area (Å²) in [5.41, 5.74) is 13.9. The zero-order valence-corrected chi connectivity index (χ0v) is 20.3. The molecule has 1 heterocycles. The molecule has 0 fully saturated rings. The van der Waals surface area contributed by atoms with Crippen LogP contribution in [0.5, 0.6) is 0 Å². The molecule has 1 heteroatoms. The van der Waals surface area contributed by atoms with E-state index in [0.29, 0.717) is 0 Å². The van der Waals surface area contributed by atoms with Crippen molar-refractivity contribution < 1.29 is 0 Å². The second-order valence-electron chi connectivity index (χ2n) is 9.40. The molecule has 1 unspecified atom stereocenters. The van der Waals surface area contributed by atoms with Gasteiger partial charge in [0.05, 0.1) is 11.1 Å². The first kappa shape index (κ1) is 21.4.